The average molecular weight is 308 g/mol. The summed E-state index contributed by atoms with van der Waals surface area (Å²) < 4.78 is 66.4. The second-order valence-electron chi connectivity index (χ2n) is 3.63. The highest BCUT2D eigenvalue weighted by atomic mass is 35.5. The molecule has 2 nitrogen and oxygen atoms in total. The fourth-order valence-electron chi connectivity index (χ4n) is 1.59. The minimum Gasteiger partial charge on any atom is -0.296 e. The highest BCUT2D eigenvalue weighted by molar-refractivity contribution is 6.29. The highest BCUT2D eigenvalue weighted by Crippen LogP contribution is 2.33. The number of nitrogens with zero attached hydrogens (tertiary/aromatic N) is 1. The summed E-state index contributed by atoms with van der Waals surface area (Å²) in [5.41, 5.74) is -2.31. The van der Waals surface area contributed by atoms with Crippen LogP contribution in [0.1, 0.15) is 10.5 Å². The van der Waals surface area contributed by atoms with Crippen molar-refractivity contribution in [2.75, 3.05) is 0 Å². The Morgan fingerprint density at radius 3 is 1.90 bits per heavy atom. The Bertz CT molecular complexity index is 690. The number of halogens is 6. The van der Waals surface area contributed by atoms with Crippen molar-refractivity contribution in [1.82, 2.24) is 4.98 Å². The van der Waals surface area contributed by atoms with Crippen LogP contribution >= 0.6 is 11.6 Å². The molecule has 0 radical (unpaired) electrons. The van der Waals surface area contributed by atoms with Gasteiger partial charge in [0, 0.05) is 5.56 Å². The predicted octanol–water partition coefficient (Wildman–Crippen LogP) is 3.91. The fourth-order valence-corrected chi connectivity index (χ4v) is 1.75. The van der Waals surface area contributed by atoms with Crippen molar-refractivity contribution < 1.29 is 26.7 Å². The van der Waals surface area contributed by atoms with E-state index in [2.05, 4.69) is 4.98 Å². The summed E-state index contributed by atoms with van der Waals surface area (Å²) in [4.78, 5) is 14.2. The number of hydrogen-bond acceptors (Lipinski definition) is 2. The first-order valence-corrected chi connectivity index (χ1v) is 5.39. The SMILES string of the molecule is O=Cc1nc(Cl)ccc1-c1c(F)c(F)c(F)c(F)c1F. The summed E-state index contributed by atoms with van der Waals surface area (Å²) in [6, 6.07) is 2.00. The number of benzene rings is 1. The first-order chi connectivity index (χ1) is 9.38. The van der Waals surface area contributed by atoms with Crippen molar-refractivity contribution in [3.8, 4) is 11.1 Å². The van der Waals surface area contributed by atoms with E-state index in [9.17, 15) is 26.7 Å². The standard InChI is InChI=1S/C12H3ClF5NO/c13-6-2-1-4(5(3-20)19-6)7-8(14)10(16)12(18)11(17)9(7)15/h1-3H. The van der Waals surface area contributed by atoms with E-state index in [-0.39, 0.29) is 11.4 Å². The Morgan fingerprint density at radius 1 is 0.900 bits per heavy atom. The third-order valence-corrected chi connectivity index (χ3v) is 2.69. The Morgan fingerprint density at radius 2 is 1.40 bits per heavy atom. The lowest BCUT2D eigenvalue weighted by molar-refractivity contribution is 0.111. The van der Waals surface area contributed by atoms with Crippen molar-refractivity contribution in [2.45, 2.75) is 0 Å². The summed E-state index contributed by atoms with van der Waals surface area (Å²) in [5, 5.41) is -0.167. The van der Waals surface area contributed by atoms with E-state index in [1.54, 1.807) is 0 Å². The van der Waals surface area contributed by atoms with Gasteiger partial charge in [-0.05, 0) is 12.1 Å². The quantitative estimate of drug-likeness (QED) is 0.277. The van der Waals surface area contributed by atoms with E-state index < -0.39 is 45.9 Å². The molecule has 0 aliphatic rings. The van der Waals surface area contributed by atoms with Gasteiger partial charge in [0.05, 0.1) is 5.56 Å². The molecule has 2 rings (SSSR count). The Balaban J connectivity index is 2.87. The summed E-state index contributed by atoms with van der Waals surface area (Å²) in [5.74, 6) is -10.6. The van der Waals surface area contributed by atoms with Gasteiger partial charge >= 0.3 is 0 Å². The van der Waals surface area contributed by atoms with E-state index >= 15 is 0 Å². The molecule has 0 atom stereocenters. The molecule has 1 heterocycles. The normalized spacial score (nSPS) is 10.7. The lowest BCUT2D eigenvalue weighted by atomic mass is 10.0. The van der Waals surface area contributed by atoms with Crippen LogP contribution in [-0.4, -0.2) is 11.3 Å². The summed E-state index contributed by atoms with van der Waals surface area (Å²) in [6.07, 6.45) is 0.0965. The fraction of sp³-hybridized carbons (Fsp3) is 0. The minimum absolute atomic E-state index is 0.0965. The van der Waals surface area contributed by atoms with Gasteiger partial charge in [-0.3, -0.25) is 4.79 Å². The van der Waals surface area contributed by atoms with Gasteiger partial charge in [0.1, 0.15) is 10.8 Å². The van der Waals surface area contributed by atoms with E-state index in [4.69, 9.17) is 11.6 Å². The van der Waals surface area contributed by atoms with Crippen molar-refractivity contribution in [3.05, 3.63) is 52.1 Å². The van der Waals surface area contributed by atoms with Gasteiger partial charge in [0.25, 0.3) is 0 Å². The molecule has 0 fully saturated rings. The van der Waals surface area contributed by atoms with Crippen molar-refractivity contribution in [2.24, 2.45) is 0 Å². The van der Waals surface area contributed by atoms with E-state index in [0.717, 1.165) is 12.1 Å². The number of aldehydes is 1. The van der Waals surface area contributed by atoms with Gasteiger partial charge in [0.2, 0.25) is 5.82 Å². The van der Waals surface area contributed by atoms with Gasteiger partial charge in [-0.25, -0.2) is 26.9 Å². The molecule has 1 aromatic carbocycles. The number of carbonyl (C=O) groups excluding carboxylic acids is 1. The summed E-state index contributed by atoms with van der Waals surface area (Å²) in [6.45, 7) is 0. The average Bonchev–Trinajstić information content (AvgIpc) is 2.44. The van der Waals surface area contributed by atoms with Gasteiger partial charge in [-0.15, -0.1) is 0 Å². The highest BCUT2D eigenvalue weighted by Gasteiger charge is 2.28. The van der Waals surface area contributed by atoms with Crippen molar-refractivity contribution in [3.63, 3.8) is 0 Å². The van der Waals surface area contributed by atoms with Crippen LogP contribution in [0.5, 0.6) is 0 Å². The lowest BCUT2D eigenvalue weighted by Crippen LogP contribution is -2.06. The number of rotatable bonds is 2. The van der Waals surface area contributed by atoms with Crippen LogP contribution in [0.25, 0.3) is 11.1 Å². The summed E-state index contributed by atoms with van der Waals surface area (Å²) >= 11 is 5.48. The van der Waals surface area contributed by atoms with Crippen LogP contribution in [0, 0.1) is 29.1 Å². The van der Waals surface area contributed by atoms with Crippen LogP contribution in [0.15, 0.2) is 12.1 Å². The topological polar surface area (TPSA) is 30.0 Å². The molecular formula is C12H3ClF5NO. The summed E-state index contributed by atoms with van der Waals surface area (Å²) in [7, 11) is 0. The smallest absolute Gasteiger partial charge is 0.200 e. The molecule has 0 aliphatic carbocycles. The van der Waals surface area contributed by atoms with Crippen LogP contribution in [0.2, 0.25) is 5.15 Å². The molecule has 2 aromatic rings. The third-order valence-electron chi connectivity index (χ3n) is 2.48. The van der Waals surface area contributed by atoms with Crippen molar-refractivity contribution in [1.29, 1.82) is 0 Å². The maximum absolute atomic E-state index is 13.6. The number of aromatic nitrogens is 1. The lowest BCUT2D eigenvalue weighted by Gasteiger charge is -2.09. The number of hydrogen-bond donors (Lipinski definition) is 0. The molecule has 104 valence electrons. The molecule has 0 aliphatic heterocycles. The van der Waals surface area contributed by atoms with E-state index in [1.807, 2.05) is 0 Å². The van der Waals surface area contributed by atoms with Crippen LogP contribution < -0.4 is 0 Å². The maximum Gasteiger partial charge on any atom is 0.200 e. The molecule has 8 heteroatoms. The third kappa shape index (κ3) is 2.14. The first kappa shape index (κ1) is 14.4. The van der Waals surface area contributed by atoms with Crippen LogP contribution in [-0.2, 0) is 0 Å². The monoisotopic (exact) mass is 307 g/mol. The van der Waals surface area contributed by atoms with E-state index in [0.29, 0.717) is 0 Å². The van der Waals surface area contributed by atoms with E-state index in [1.165, 1.54) is 0 Å². The molecule has 0 spiro atoms. The Labute approximate surface area is 113 Å². The number of pyridine rings is 1. The van der Waals surface area contributed by atoms with Crippen LogP contribution in [0.3, 0.4) is 0 Å². The molecular weight excluding hydrogens is 305 g/mol. The maximum atomic E-state index is 13.6. The zero-order chi connectivity index (χ0) is 15.0. The minimum atomic E-state index is -2.28. The predicted molar refractivity (Wildman–Crippen MR) is 59.9 cm³/mol. The van der Waals surface area contributed by atoms with Gasteiger partial charge in [-0.1, -0.05) is 11.6 Å². The second-order valence-corrected chi connectivity index (χ2v) is 4.02. The van der Waals surface area contributed by atoms with Gasteiger partial charge in [0.15, 0.2) is 29.6 Å². The van der Waals surface area contributed by atoms with Crippen LogP contribution in [0.4, 0.5) is 22.0 Å². The molecule has 0 unspecified atom stereocenters. The van der Waals surface area contributed by atoms with Gasteiger partial charge in [-0.2, -0.15) is 0 Å². The Kier molecular flexibility index (Phi) is 3.71. The van der Waals surface area contributed by atoms with Crippen molar-refractivity contribution >= 4 is 17.9 Å². The molecule has 1 aromatic heterocycles. The zero-order valence-electron chi connectivity index (χ0n) is 9.36. The molecule has 0 N–H and O–H groups in total. The first-order valence-electron chi connectivity index (χ1n) is 5.02. The largest absolute Gasteiger partial charge is 0.296 e. The molecule has 0 bridgehead atoms. The second kappa shape index (κ2) is 5.16. The molecule has 20 heavy (non-hydrogen) atoms. The molecule has 0 amide bonds. The number of carbonyl (C=O) groups is 1. The van der Waals surface area contributed by atoms with Gasteiger partial charge < -0.3 is 0 Å². The molecule has 0 saturated heterocycles. The molecule has 0 saturated carbocycles. The Hall–Kier alpha value is -2.02. The zero-order valence-corrected chi connectivity index (χ0v) is 10.1.